The highest BCUT2D eigenvalue weighted by Gasteiger charge is 2.17. The maximum atomic E-state index is 6.10. The highest BCUT2D eigenvalue weighted by molar-refractivity contribution is 9.10. The standard InChI is InChI=1S/C15H16BrCl2NS/c1-3-19-14(15-11(16)6-9(2)20-15)8-10-4-5-12(17)13(18)7-10/h4-7,14,19H,3,8H2,1-2H3. The van der Waals surface area contributed by atoms with Gasteiger partial charge in [0.25, 0.3) is 0 Å². The second-order valence-electron chi connectivity index (χ2n) is 4.63. The highest BCUT2D eigenvalue weighted by Crippen LogP contribution is 2.34. The molecule has 20 heavy (non-hydrogen) atoms. The van der Waals surface area contributed by atoms with E-state index in [2.05, 4.69) is 41.2 Å². The number of aryl methyl sites for hydroxylation is 1. The van der Waals surface area contributed by atoms with Gasteiger partial charge in [-0.05, 0) is 59.6 Å². The molecule has 1 aromatic carbocycles. The molecule has 1 nitrogen and oxygen atoms in total. The van der Waals surface area contributed by atoms with Gasteiger partial charge in [-0.3, -0.25) is 0 Å². The molecule has 0 amide bonds. The normalized spacial score (nSPS) is 12.7. The van der Waals surface area contributed by atoms with Crippen molar-refractivity contribution in [3.8, 4) is 0 Å². The molecule has 0 radical (unpaired) electrons. The van der Waals surface area contributed by atoms with Gasteiger partial charge in [-0.25, -0.2) is 0 Å². The lowest BCUT2D eigenvalue weighted by molar-refractivity contribution is 0.556. The number of rotatable bonds is 5. The molecule has 1 N–H and O–H groups in total. The first-order valence-corrected chi connectivity index (χ1v) is 8.81. The Kier molecular flexibility index (Phi) is 5.94. The third kappa shape index (κ3) is 3.99. The van der Waals surface area contributed by atoms with Gasteiger partial charge in [0.1, 0.15) is 0 Å². The van der Waals surface area contributed by atoms with Crippen molar-refractivity contribution in [3.05, 3.63) is 54.1 Å². The molecule has 108 valence electrons. The average Bonchev–Trinajstić information content (AvgIpc) is 2.72. The lowest BCUT2D eigenvalue weighted by Crippen LogP contribution is -2.22. The monoisotopic (exact) mass is 391 g/mol. The lowest BCUT2D eigenvalue weighted by atomic mass is 10.0. The van der Waals surface area contributed by atoms with E-state index in [0.29, 0.717) is 10.0 Å². The number of benzene rings is 1. The van der Waals surface area contributed by atoms with Gasteiger partial charge in [0.15, 0.2) is 0 Å². The molecule has 0 bridgehead atoms. The fourth-order valence-electron chi connectivity index (χ4n) is 2.15. The third-order valence-electron chi connectivity index (χ3n) is 3.03. The maximum Gasteiger partial charge on any atom is 0.0595 e. The molecule has 1 heterocycles. The van der Waals surface area contributed by atoms with Crippen molar-refractivity contribution in [2.24, 2.45) is 0 Å². The van der Waals surface area contributed by atoms with Crippen molar-refractivity contribution in [2.75, 3.05) is 6.54 Å². The summed E-state index contributed by atoms with van der Waals surface area (Å²) in [5.41, 5.74) is 1.18. The van der Waals surface area contributed by atoms with E-state index in [1.807, 2.05) is 29.5 Å². The minimum absolute atomic E-state index is 0.283. The molecule has 5 heteroatoms. The Labute approximate surface area is 142 Å². The number of thiophene rings is 1. The van der Waals surface area contributed by atoms with Crippen LogP contribution in [0.1, 0.15) is 28.3 Å². The zero-order chi connectivity index (χ0) is 14.7. The predicted molar refractivity (Wildman–Crippen MR) is 93.3 cm³/mol. The molecule has 2 aromatic rings. The molecule has 1 unspecified atom stereocenters. The molecule has 1 atom stereocenters. The zero-order valence-electron chi connectivity index (χ0n) is 11.3. The van der Waals surface area contributed by atoms with Crippen molar-refractivity contribution in [1.29, 1.82) is 0 Å². The minimum atomic E-state index is 0.283. The molecule has 0 fully saturated rings. The van der Waals surface area contributed by atoms with Gasteiger partial charge in [0.05, 0.1) is 10.0 Å². The number of hydrogen-bond acceptors (Lipinski definition) is 2. The van der Waals surface area contributed by atoms with Crippen LogP contribution >= 0.6 is 50.5 Å². The van der Waals surface area contributed by atoms with Gasteiger partial charge in [-0.2, -0.15) is 0 Å². The predicted octanol–water partition coefficient (Wildman–Crippen LogP) is 6.02. The van der Waals surface area contributed by atoms with Crippen LogP contribution in [0.4, 0.5) is 0 Å². The summed E-state index contributed by atoms with van der Waals surface area (Å²) in [4.78, 5) is 2.64. The van der Waals surface area contributed by atoms with E-state index in [1.54, 1.807) is 0 Å². The topological polar surface area (TPSA) is 12.0 Å². The summed E-state index contributed by atoms with van der Waals surface area (Å²) in [6.45, 7) is 5.17. The molecule has 0 aliphatic heterocycles. The van der Waals surface area contributed by atoms with Crippen LogP contribution in [-0.2, 0) is 6.42 Å². The quantitative estimate of drug-likeness (QED) is 0.655. The molecular weight excluding hydrogens is 377 g/mol. The van der Waals surface area contributed by atoms with Crippen LogP contribution in [0.15, 0.2) is 28.7 Å². The summed E-state index contributed by atoms with van der Waals surface area (Å²) >= 11 is 17.5. The van der Waals surface area contributed by atoms with E-state index in [0.717, 1.165) is 13.0 Å². The Morgan fingerprint density at radius 1 is 1.25 bits per heavy atom. The van der Waals surface area contributed by atoms with Crippen molar-refractivity contribution >= 4 is 50.5 Å². The fourth-order valence-corrected chi connectivity index (χ4v) is 4.47. The average molecular weight is 393 g/mol. The van der Waals surface area contributed by atoms with Crippen molar-refractivity contribution in [1.82, 2.24) is 5.32 Å². The Morgan fingerprint density at radius 2 is 2.00 bits per heavy atom. The summed E-state index contributed by atoms with van der Waals surface area (Å²) in [5.74, 6) is 0. The SMILES string of the molecule is CCNC(Cc1ccc(Cl)c(Cl)c1)c1sc(C)cc1Br. The number of nitrogens with one attached hydrogen (secondary N) is 1. The summed E-state index contributed by atoms with van der Waals surface area (Å²) in [7, 11) is 0. The van der Waals surface area contributed by atoms with E-state index >= 15 is 0 Å². The van der Waals surface area contributed by atoms with E-state index < -0.39 is 0 Å². The van der Waals surface area contributed by atoms with Crippen LogP contribution in [0.5, 0.6) is 0 Å². The van der Waals surface area contributed by atoms with Crippen LogP contribution in [0.2, 0.25) is 10.0 Å². The van der Waals surface area contributed by atoms with Crippen LogP contribution in [-0.4, -0.2) is 6.54 Å². The molecular formula is C15H16BrCl2NS. The summed E-state index contributed by atoms with van der Waals surface area (Å²) in [6, 6.07) is 8.29. The second-order valence-corrected chi connectivity index (χ2v) is 7.59. The highest BCUT2D eigenvalue weighted by atomic mass is 79.9. The first-order chi connectivity index (χ1) is 9.51. The van der Waals surface area contributed by atoms with Gasteiger partial charge >= 0.3 is 0 Å². The van der Waals surface area contributed by atoms with Gasteiger partial charge < -0.3 is 5.32 Å². The largest absolute Gasteiger partial charge is 0.309 e. The second kappa shape index (κ2) is 7.28. The van der Waals surface area contributed by atoms with Crippen LogP contribution in [0, 0.1) is 6.92 Å². The number of halogens is 3. The zero-order valence-corrected chi connectivity index (χ0v) is 15.3. The number of likely N-dealkylation sites (N-methyl/N-ethyl adjacent to an activating group) is 1. The molecule has 2 rings (SSSR count). The van der Waals surface area contributed by atoms with Crippen LogP contribution < -0.4 is 5.32 Å². The van der Waals surface area contributed by atoms with Crippen LogP contribution in [0.25, 0.3) is 0 Å². The molecule has 0 spiro atoms. The van der Waals surface area contributed by atoms with Crippen molar-refractivity contribution in [2.45, 2.75) is 26.3 Å². The van der Waals surface area contributed by atoms with Gasteiger partial charge in [0, 0.05) is 20.3 Å². The Hall–Kier alpha value is -0.0600. The summed E-state index contributed by atoms with van der Waals surface area (Å²) in [6.07, 6.45) is 0.892. The Bertz CT molecular complexity index is 598. The third-order valence-corrected chi connectivity index (χ3v) is 5.85. The smallest absolute Gasteiger partial charge is 0.0595 e. The summed E-state index contributed by atoms with van der Waals surface area (Å²) in [5, 5.41) is 4.75. The maximum absolute atomic E-state index is 6.10. The molecule has 0 saturated heterocycles. The molecule has 0 aliphatic carbocycles. The minimum Gasteiger partial charge on any atom is -0.309 e. The van der Waals surface area contributed by atoms with Crippen LogP contribution in [0.3, 0.4) is 0 Å². The Balaban J connectivity index is 2.25. The van der Waals surface area contributed by atoms with Crippen molar-refractivity contribution < 1.29 is 0 Å². The first-order valence-electron chi connectivity index (χ1n) is 6.44. The molecule has 0 saturated carbocycles. The lowest BCUT2D eigenvalue weighted by Gasteiger charge is -2.17. The van der Waals surface area contributed by atoms with E-state index in [1.165, 1.54) is 19.8 Å². The van der Waals surface area contributed by atoms with Gasteiger partial charge in [-0.1, -0.05) is 36.2 Å². The first kappa shape index (κ1) is 16.3. The Morgan fingerprint density at radius 3 is 2.55 bits per heavy atom. The van der Waals surface area contributed by atoms with E-state index in [9.17, 15) is 0 Å². The molecule has 0 aliphatic rings. The van der Waals surface area contributed by atoms with E-state index in [-0.39, 0.29) is 6.04 Å². The number of hydrogen-bond donors (Lipinski definition) is 1. The van der Waals surface area contributed by atoms with Crippen molar-refractivity contribution in [3.63, 3.8) is 0 Å². The fraction of sp³-hybridized carbons (Fsp3) is 0.333. The van der Waals surface area contributed by atoms with Gasteiger partial charge in [0.2, 0.25) is 0 Å². The molecule has 1 aromatic heterocycles. The van der Waals surface area contributed by atoms with E-state index in [4.69, 9.17) is 23.2 Å². The van der Waals surface area contributed by atoms with Gasteiger partial charge in [-0.15, -0.1) is 11.3 Å². The summed E-state index contributed by atoms with van der Waals surface area (Å²) < 4.78 is 1.17.